The first-order valence-electron chi connectivity index (χ1n) is 11.1. The van der Waals surface area contributed by atoms with Crippen molar-refractivity contribution in [1.82, 2.24) is 30.8 Å². The largest absolute Gasteiger partial charge is 0.426 e. The van der Waals surface area contributed by atoms with E-state index in [2.05, 4.69) is 25.9 Å². The van der Waals surface area contributed by atoms with Crippen molar-refractivity contribution in [3.63, 3.8) is 0 Å². The standard InChI is InChI=1S/C24H21N7O4S/c1-24(2)18(19-27-29-30-28-19)31-21(33)17(22(31)36-24)26-20(32)16(14-6-4-3-5-7-14)23(34)35-15-10-8-13(12-25)9-11-15/h3-11,16-18,22H,1-2H3,(H,26,32)(H,27,28,29,30). The minimum atomic E-state index is -1.29. The molecular weight excluding hydrogens is 482 g/mol. The summed E-state index contributed by atoms with van der Waals surface area (Å²) in [5, 5.41) is 25.4. The fourth-order valence-corrected chi connectivity index (χ4v) is 6.16. The van der Waals surface area contributed by atoms with E-state index < -0.39 is 28.6 Å². The molecule has 36 heavy (non-hydrogen) atoms. The Morgan fingerprint density at radius 2 is 1.92 bits per heavy atom. The number of nitrogens with one attached hydrogen (secondary N) is 2. The minimum Gasteiger partial charge on any atom is -0.426 e. The lowest BCUT2D eigenvalue weighted by Gasteiger charge is -2.44. The first-order chi connectivity index (χ1) is 17.3. The molecule has 12 heteroatoms. The van der Waals surface area contributed by atoms with E-state index in [1.165, 1.54) is 36.0 Å². The third-order valence-electron chi connectivity index (χ3n) is 6.19. The number of tetrazole rings is 1. The van der Waals surface area contributed by atoms with Crippen molar-refractivity contribution in [3.8, 4) is 11.8 Å². The maximum atomic E-state index is 13.4. The highest BCUT2D eigenvalue weighted by Gasteiger charge is 2.63. The number of thioether (sulfide) groups is 1. The maximum absolute atomic E-state index is 13.4. The predicted octanol–water partition coefficient (Wildman–Crippen LogP) is 1.68. The van der Waals surface area contributed by atoms with Gasteiger partial charge in [-0.05, 0) is 54.1 Å². The molecule has 2 fully saturated rings. The number of fused-ring (bicyclic) bond motifs is 1. The van der Waals surface area contributed by atoms with Gasteiger partial charge in [0.2, 0.25) is 11.8 Å². The number of hydrogen-bond acceptors (Lipinski definition) is 9. The van der Waals surface area contributed by atoms with Crippen molar-refractivity contribution in [2.45, 2.75) is 42.0 Å². The van der Waals surface area contributed by atoms with Crippen LogP contribution in [-0.4, -0.2) is 59.5 Å². The quantitative estimate of drug-likeness (QED) is 0.221. The van der Waals surface area contributed by atoms with Crippen molar-refractivity contribution >= 4 is 29.5 Å². The normalized spacial score (nSPS) is 22.6. The van der Waals surface area contributed by atoms with Crippen molar-refractivity contribution in [3.05, 3.63) is 71.5 Å². The van der Waals surface area contributed by atoms with Crippen LogP contribution in [0.15, 0.2) is 54.6 Å². The molecule has 11 nitrogen and oxygen atoms in total. The number of hydrogen-bond donors (Lipinski definition) is 2. The number of aromatic nitrogens is 4. The van der Waals surface area contributed by atoms with Crippen molar-refractivity contribution in [2.24, 2.45) is 0 Å². The summed E-state index contributed by atoms with van der Waals surface area (Å²) in [6.45, 7) is 3.97. The van der Waals surface area contributed by atoms with E-state index in [9.17, 15) is 14.4 Å². The highest BCUT2D eigenvalue weighted by atomic mass is 32.2. The van der Waals surface area contributed by atoms with E-state index in [1.807, 2.05) is 19.9 Å². The van der Waals surface area contributed by atoms with Crippen LogP contribution in [0.4, 0.5) is 0 Å². The molecule has 182 valence electrons. The second-order valence-corrected chi connectivity index (χ2v) is 10.7. The molecule has 3 heterocycles. The zero-order valence-electron chi connectivity index (χ0n) is 19.3. The molecule has 4 atom stereocenters. The highest BCUT2D eigenvalue weighted by Crippen LogP contribution is 2.56. The van der Waals surface area contributed by atoms with Gasteiger partial charge in [0.05, 0.1) is 11.6 Å². The Morgan fingerprint density at radius 1 is 1.19 bits per heavy atom. The second kappa shape index (κ2) is 9.09. The monoisotopic (exact) mass is 503 g/mol. The van der Waals surface area contributed by atoms with Crippen LogP contribution in [0.25, 0.3) is 0 Å². The van der Waals surface area contributed by atoms with Gasteiger partial charge in [0.1, 0.15) is 23.2 Å². The number of ether oxygens (including phenoxy) is 1. The first-order valence-corrected chi connectivity index (χ1v) is 12.0. The molecule has 2 saturated heterocycles. The smallest absolute Gasteiger partial charge is 0.328 e. The van der Waals surface area contributed by atoms with Gasteiger partial charge in [0.25, 0.3) is 0 Å². The number of carbonyl (C=O) groups excluding carboxylic acids is 3. The zero-order chi connectivity index (χ0) is 25.4. The molecule has 2 aliphatic rings. The fourth-order valence-electron chi connectivity index (χ4n) is 4.52. The molecule has 2 N–H and O–H groups in total. The average molecular weight is 504 g/mol. The van der Waals surface area contributed by atoms with E-state index in [0.29, 0.717) is 17.0 Å². The van der Waals surface area contributed by atoms with E-state index in [1.54, 1.807) is 35.2 Å². The van der Waals surface area contributed by atoms with E-state index >= 15 is 0 Å². The Hall–Kier alpha value is -4.24. The summed E-state index contributed by atoms with van der Waals surface area (Å²) in [5.41, 5.74) is 0.846. The average Bonchev–Trinajstić information content (AvgIpc) is 3.48. The molecule has 3 aromatic rings. The van der Waals surface area contributed by atoms with Crippen LogP contribution in [-0.2, 0) is 14.4 Å². The Bertz CT molecular complexity index is 1340. The first kappa shape index (κ1) is 23.5. The lowest BCUT2D eigenvalue weighted by atomic mass is 9.94. The van der Waals surface area contributed by atoms with Crippen LogP contribution in [0.3, 0.4) is 0 Å². The van der Waals surface area contributed by atoms with Crippen LogP contribution in [0.2, 0.25) is 0 Å². The number of nitrogens with zero attached hydrogens (tertiary/aromatic N) is 5. The molecule has 4 unspecified atom stereocenters. The van der Waals surface area contributed by atoms with E-state index in [0.717, 1.165) is 0 Å². The summed E-state index contributed by atoms with van der Waals surface area (Å²) < 4.78 is 5.05. The molecule has 0 radical (unpaired) electrons. The lowest BCUT2D eigenvalue weighted by Crippen LogP contribution is -2.68. The lowest BCUT2D eigenvalue weighted by molar-refractivity contribution is -0.153. The Kier molecular flexibility index (Phi) is 5.93. The molecule has 0 bridgehead atoms. The van der Waals surface area contributed by atoms with Crippen molar-refractivity contribution < 1.29 is 19.1 Å². The van der Waals surface area contributed by atoms with Gasteiger partial charge in [-0.25, -0.2) is 5.10 Å². The number of carbonyl (C=O) groups is 3. The van der Waals surface area contributed by atoms with Gasteiger partial charge in [-0.15, -0.1) is 16.9 Å². The van der Waals surface area contributed by atoms with Crippen molar-refractivity contribution in [1.29, 1.82) is 5.26 Å². The van der Waals surface area contributed by atoms with Crippen LogP contribution in [0.1, 0.15) is 42.8 Å². The summed E-state index contributed by atoms with van der Waals surface area (Å²) in [7, 11) is 0. The van der Waals surface area contributed by atoms with Crippen LogP contribution in [0.5, 0.6) is 5.75 Å². The summed E-state index contributed by atoms with van der Waals surface area (Å²) in [6.07, 6.45) is 0. The van der Waals surface area contributed by atoms with Gasteiger partial charge >= 0.3 is 5.97 Å². The topological polar surface area (TPSA) is 154 Å². The third-order valence-corrected chi connectivity index (χ3v) is 7.76. The van der Waals surface area contributed by atoms with Gasteiger partial charge in [0, 0.05) is 4.75 Å². The molecule has 1 aromatic heterocycles. The number of esters is 1. The number of nitriles is 1. The van der Waals surface area contributed by atoms with E-state index in [4.69, 9.17) is 10.00 Å². The zero-order valence-corrected chi connectivity index (χ0v) is 20.1. The highest BCUT2D eigenvalue weighted by molar-refractivity contribution is 8.01. The maximum Gasteiger partial charge on any atom is 0.328 e. The Labute approximate surface area is 210 Å². The van der Waals surface area contributed by atoms with Gasteiger partial charge in [-0.1, -0.05) is 30.3 Å². The summed E-state index contributed by atoms with van der Waals surface area (Å²) in [5.74, 6) is -2.33. The van der Waals surface area contributed by atoms with Gasteiger partial charge < -0.3 is 15.0 Å². The molecule has 5 rings (SSSR count). The number of amides is 2. The Morgan fingerprint density at radius 3 is 2.56 bits per heavy atom. The molecular formula is C24H21N7O4S. The summed E-state index contributed by atoms with van der Waals surface area (Å²) in [4.78, 5) is 41.3. The number of H-pyrrole nitrogens is 1. The van der Waals surface area contributed by atoms with Gasteiger partial charge in [-0.3, -0.25) is 14.4 Å². The third kappa shape index (κ3) is 4.07. The number of rotatable bonds is 6. The SMILES string of the molecule is CC1(C)SC2C(NC(=O)C(C(=O)Oc3ccc(C#N)cc3)c3ccccc3)C(=O)N2C1c1nnn[nH]1. The van der Waals surface area contributed by atoms with Crippen LogP contribution in [0, 0.1) is 11.3 Å². The minimum absolute atomic E-state index is 0.204. The second-order valence-electron chi connectivity index (χ2n) is 8.93. The number of aromatic amines is 1. The van der Waals surface area contributed by atoms with Crippen LogP contribution < -0.4 is 10.1 Å². The summed E-state index contributed by atoms with van der Waals surface area (Å²) in [6, 6.07) is 15.3. The molecule has 0 spiro atoms. The molecule has 2 aromatic carbocycles. The number of β-lactam (4-membered cyclic amide) rings is 1. The molecule has 2 amide bonds. The van der Waals surface area contributed by atoms with Gasteiger partial charge in [-0.2, -0.15) is 5.26 Å². The predicted molar refractivity (Wildman–Crippen MR) is 127 cm³/mol. The number of benzene rings is 2. The molecule has 0 aliphatic carbocycles. The van der Waals surface area contributed by atoms with Crippen molar-refractivity contribution in [2.75, 3.05) is 0 Å². The fraction of sp³-hybridized carbons (Fsp3) is 0.292. The molecule has 0 saturated carbocycles. The molecule has 2 aliphatic heterocycles. The van der Waals surface area contributed by atoms with Crippen LogP contribution >= 0.6 is 11.8 Å². The Balaban J connectivity index is 1.35. The summed E-state index contributed by atoms with van der Waals surface area (Å²) >= 11 is 1.53. The van der Waals surface area contributed by atoms with E-state index in [-0.39, 0.29) is 23.1 Å². The van der Waals surface area contributed by atoms with Gasteiger partial charge in [0.15, 0.2) is 11.7 Å².